The van der Waals surface area contributed by atoms with Gasteiger partial charge in [0, 0.05) is 22.3 Å². The highest BCUT2D eigenvalue weighted by Crippen LogP contribution is 2.18. The zero-order valence-corrected chi connectivity index (χ0v) is 6.85. The van der Waals surface area contributed by atoms with E-state index in [0.29, 0.717) is 0 Å². The summed E-state index contributed by atoms with van der Waals surface area (Å²) in [6.07, 6.45) is 3.97. The summed E-state index contributed by atoms with van der Waals surface area (Å²) in [6, 6.07) is 6.21. The van der Waals surface area contributed by atoms with E-state index in [0.717, 1.165) is 4.47 Å². The Morgan fingerprint density at radius 2 is 1.90 bits per heavy atom. The largest absolute Gasteiger partial charge is 0.366 e. The molecule has 2 aromatic rings. The molecule has 0 atom stereocenters. The second-order valence-corrected chi connectivity index (χ2v) is 3.14. The second kappa shape index (κ2) is 2.13. The van der Waals surface area contributed by atoms with Gasteiger partial charge in [-0.05, 0) is 17.5 Å². The number of hydrogen-bond donors (Lipinski definition) is 1. The zero-order chi connectivity index (χ0) is 6.97. The third-order valence-electron chi connectivity index (χ3n) is 1.53. The fourth-order valence-electron chi connectivity index (χ4n) is 1.02. The first kappa shape index (κ1) is 5.98. The molecule has 0 aliphatic carbocycles. The Labute approximate surface area is 67.2 Å². The Morgan fingerprint density at radius 3 is 2.80 bits per heavy atom. The van der Waals surface area contributed by atoms with E-state index in [1.807, 2.05) is 18.5 Å². The number of nitrogens with one attached hydrogen (secondary N) is 1. The van der Waals surface area contributed by atoms with E-state index in [2.05, 4.69) is 33.0 Å². The van der Waals surface area contributed by atoms with E-state index in [1.165, 1.54) is 10.8 Å². The second-order valence-electron chi connectivity index (χ2n) is 2.23. The van der Waals surface area contributed by atoms with E-state index in [4.69, 9.17) is 0 Å². The van der Waals surface area contributed by atoms with Crippen molar-refractivity contribution in [2.24, 2.45) is 0 Å². The molecule has 10 heavy (non-hydrogen) atoms. The minimum Gasteiger partial charge on any atom is -0.366 e. The molecule has 0 fully saturated rings. The maximum absolute atomic E-state index is 3.40. The van der Waals surface area contributed by atoms with Gasteiger partial charge in [-0.3, -0.25) is 0 Å². The smallest absolute Gasteiger partial charge is 0.0182 e. The maximum atomic E-state index is 3.40. The SMILES string of the molecule is Brc1ccc2c[nH]cc2c1. The first-order valence-electron chi connectivity index (χ1n) is 3.08. The fourth-order valence-corrected chi connectivity index (χ4v) is 1.40. The van der Waals surface area contributed by atoms with Crippen LogP contribution in [0.5, 0.6) is 0 Å². The average molecular weight is 196 g/mol. The Kier molecular flexibility index (Phi) is 1.27. The lowest BCUT2D eigenvalue weighted by atomic mass is 10.2. The molecule has 50 valence electrons. The summed E-state index contributed by atoms with van der Waals surface area (Å²) >= 11 is 3.40. The highest BCUT2D eigenvalue weighted by atomic mass is 79.9. The molecule has 1 aromatic carbocycles. The molecule has 1 heterocycles. The van der Waals surface area contributed by atoms with Gasteiger partial charge in [-0.15, -0.1) is 0 Å². The summed E-state index contributed by atoms with van der Waals surface area (Å²) in [5.74, 6) is 0. The van der Waals surface area contributed by atoms with Gasteiger partial charge in [0.2, 0.25) is 0 Å². The van der Waals surface area contributed by atoms with Crippen LogP contribution in [0.25, 0.3) is 10.8 Å². The molecule has 0 bridgehead atoms. The van der Waals surface area contributed by atoms with Crippen LogP contribution < -0.4 is 0 Å². The average Bonchev–Trinajstić information content (AvgIpc) is 2.33. The molecule has 1 nitrogen and oxygen atoms in total. The van der Waals surface area contributed by atoms with Crippen molar-refractivity contribution in [3.8, 4) is 0 Å². The topological polar surface area (TPSA) is 15.8 Å². The number of benzene rings is 1. The van der Waals surface area contributed by atoms with Crippen molar-refractivity contribution in [1.29, 1.82) is 0 Å². The lowest BCUT2D eigenvalue weighted by molar-refractivity contribution is 1.43. The van der Waals surface area contributed by atoms with Gasteiger partial charge in [-0.25, -0.2) is 0 Å². The summed E-state index contributed by atoms with van der Waals surface area (Å²) in [6.45, 7) is 0. The summed E-state index contributed by atoms with van der Waals surface area (Å²) in [4.78, 5) is 3.04. The van der Waals surface area contributed by atoms with E-state index in [9.17, 15) is 0 Å². The van der Waals surface area contributed by atoms with E-state index in [1.54, 1.807) is 0 Å². The lowest BCUT2D eigenvalue weighted by Crippen LogP contribution is -1.62. The van der Waals surface area contributed by atoms with Crippen molar-refractivity contribution in [1.82, 2.24) is 4.98 Å². The number of aromatic amines is 1. The highest BCUT2D eigenvalue weighted by Gasteiger charge is 1.92. The molecular formula is C8H6BrN. The van der Waals surface area contributed by atoms with Crippen LogP contribution in [0.4, 0.5) is 0 Å². The first-order valence-corrected chi connectivity index (χ1v) is 3.87. The Bertz CT molecular complexity index is 351. The maximum Gasteiger partial charge on any atom is 0.0182 e. The summed E-state index contributed by atoms with van der Waals surface area (Å²) in [5, 5.41) is 2.50. The number of halogens is 1. The molecule has 1 N–H and O–H groups in total. The molecule has 0 saturated carbocycles. The number of hydrogen-bond acceptors (Lipinski definition) is 0. The van der Waals surface area contributed by atoms with Gasteiger partial charge in [0.1, 0.15) is 0 Å². The quantitative estimate of drug-likeness (QED) is 0.666. The van der Waals surface area contributed by atoms with Crippen LogP contribution in [-0.4, -0.2) is 4.98 Å². The van der Waals surface area contributed by atoms with E-state index >= 15 is 0 Å². The third kappa shape index (κ3) is 0.847. The van der Waals surface area contributed by atoms with Gasteiger partial charge < -0.3 is 4.98 Å². The molecule has 0 radical (unpaired) electrons. The van der Waals surface area contributed by atoms with Crippen LogP contribution in [0, 0.1) is 0 Å². The first-order chi connectivity index (χ1) is 4.86. The molecule has 0 spiro atoms. The van der Waals surface area contributed by atoms with Gasteiger partial charge >= 0.3 is 0 Å². The Morgan fingerprint density at radius 1 is 1.10 bits per heavy atom. The van der Waals surface area contributed by atoms with Crippen LogP contribution >= 0.6 is 15.9 Å². The van der Waals surface area contributed by atoms with Crippen LogP contribution in [0.2, 0.25) is 0 Å². The van der Waals surface area contributed by atoms with Gasteiger partial charge in [0.25, 0.3) is 0 Å². The predicted molar refractivity (Wildman–Crippen MR) is 46.0 cm³/mol. The molecule has 1 aromatic heterocycles. The molecule has 0 unspecified atom stereocenters. The monoisotopic (exact) mass is 195 g/mol. The normalized spacial score (nSPS) is 10.5. The molecule has 0 aliphatic rings. The molecular weight excluding hydrogens is 190 g/mol. The number of aromatic nitrogens is 1. The van der Waals surface area contributed by atoms with Crippen molar-refractivity contribution in [3.63, 3.8) is 0 Å². The van der Waals surface area contributed by atoms with Crippen molar-refractivity contribution < 1.29 is 0 Å². The van der Waals surface area contributed by atoms with Crippen LogP contribution in [-0.2, 0) is 0 Å². The van der Waals surface area contributed by atoms with Gasteiger partial charge in [-0.2, -0.15) is 0 Å². The number of fused-ring (bicyclic) bond motifs is 1. The Balaban J connectivity index is 2.86. The van der Waals surface area contributed by atoms with Crippen molar-refractivity contribution in [2.75, 3.05) is 0 Å². The van der Waals surface area contributed by atoms with Gasteiger partial charge in [-0.1, -0.05) is 22.0 Å². The van der Waals surface area contributed by atoms with Crippen LogP contribution in [0.3, 0.4) is 0 Å². The lowest BCUT2D eigenvalue weighted by Gasteiger charge is -1.88. The van der Waals surface area contributed by atoms with Crippen molar-refractivity contribution in [3.05, 3.63) is 35.1 Å². The van der Waals surface area contributed by atoms with Crippen LogP contribution in [0.1, 0.15) is 0 Å². The van der Waals surface area contributed by atoms with Crippen LogP contribution in [0.15, 0.2) is 35.1 Å². The molecule has 2 rings (SSSR count). The summed E-state index contributed by atoms with van der Waals surface area (Å²) < 4.78 is 1.12. The Hall–Kier alpha value is -0.760. The van der Waals surface area contributed by atoms with E-state index in [-0.39, 0.29) is 0 Å². The van der Waals surface area contributed by atoms with Gasteiger partial charge in [0.15, 0.2) is 0 Å². The van der Waals surface area contributed by atoms with Crippen molar-refractivity contribution in [2.45, 2.75) is 0 Å². The zero-order valence-electron chi connectivity index (χ0n) is 5.26. The molecule has 0 saturated heterocycles. The molecule has 0 amide bonds. The molecule has 0 aliphatic heterocycles. The molecule has 2 heteroatoms. The summed E-state index contributed by atoms with van der Waals surface area (Å²) in [7, 11) is 0. The van der Waals surface area contributed by atoms with Gasteiger partial charge in [0.05, 0.1) is 0 Å². The van der Waals surface area contributed by atoms with Crippen molar-refractivity contribution >= 4 is 26.7 Å². The minimum absolute atomic E-state index is 1.12. The highest BCUT2D eigenvalue weighted by molar-refractivity contribution is 9.10. The van der Waals surface area contributed by atoms with E-state index < -0.39 is 0 Å². The minimum atomic E-state index is 1.12. The number of H-pyrrole nitrogens is 1. The predicted octanol–water partition coefficient (Wildman–Crippen LogP) is 2.93. The third-order valence-corrected chi connectivity index (χ3v) is 2.02. The fraction of sp³-hybridized carbons (Fsp3) is 0. The summed E-state index contributed by atoms with van der Waals surface area (Å²) in [5.41, 5.74) is 0. The standard InChI is InChI=1S/C8H6BrN/c9-8-2-1-6-4-10-5-7(6)3-8/h1-5,10H. The number of rotatable bonds is 0.